The van der Waals surface area contributed by atoms with Gasteiger partial charge in [-0.2, -0.15) is 12.7 Å². The second-order valence-electron chi connectivity index (χ2n) is 9.55. The number of aromatic nitrogens is 1. The molecule has 1 aromatic heterocycles. The number of carboxylic acids is 1. The van der Waals surface area contributed by atoms with Crippen molar-refractivity contribution in [2.24, 2.45) is 11.3 Å². The zero-order valence-electron chi connectivity index (χ0n) is 19.2. The topological polar surface area (TPSA) is 109 Å². The number of aromatic carboxylic acids is 1. The zero-order valence-corrected chi connectivity index (χ0v) is 20.8. The summed E-state index contributed by atoms with van der Waals surface area (Å²) >= 11 is 1.57. The molecule has 33 heavy (non-hydrogen) atoms. The van der Waals surface area contributed by atoms with E-state index in [-0.39, 0.29) is 30.1 Å². The number of carbonyl (C=O) groups is 1. The van der Waals surface area contributed by atoms with E-state index in [4.69, 9.17) is 14.8 Å². The van der Waals surface area contributed by atoms with Crippen LogP contribution in [0.3, 0.4) is 0 Å². The van der Waals surface area contributed by atoms with Gasteiger partial charge in [-0.3, -0.25) is 4.72 Å². The molecule has 0 saturated heterocycles. The Kier molecular flexibility index (Phi) is 6.28. The standard InChI is InChI=1S/C23H29N3O5S2/c1-23(2,3)16-8-5-14(6-9-16)21-24-18-12-26(13-20(18)32-21)33(29,30)25-17-10-7-15(22(27)28)11-19(17)31-4/h5,7,10-11,16,25H,6,8-9,12-13H2,1-4H3,(H,27,28). The summed E-state index contributed by atoms with van der Waals surface area (Å²) in [7, 11) is -2.51. The smallest absolute Gasteiger partial charge is 0.335 e. The maximum atomic E-state index is 13.0. The Bertz CT molecular complexity index is 1190. The van der Waals surface area contributed by atoms with E-state index in [1.54, 1.807) is 11.3 Å². The number of nitrogens with one attached hydrogen (secondary N) is 1. The Morgan fingerprint density at radius 3 is 2.64 bits per heavy atom. The van der Waals surface area contributed by atoms with Crippen LogP contribution in [-0.2, 0) is 23.3 Å². The number of nitrogens with zero attached hydrogens (tertiary/aromatic N) is 2. The molecule has 2 aliphatic rings. The van der Waals surface area contributed by atoms with E-state index < -0.39 is 16.2 Å². The second-order valence-corrected chi connectivity index (χ2v) is 12.3. The summed E-state index contributed by atoms with van der Waals surface area (Å²) in [5.74, 6) is -0.303. The number of hydrogen-bond acceptors (Lipinski definition) is 6. The SMILES string of the molecule is COc1cc(C(=O)O)ccc1NS(=O)(=O)N1Cc2nc(C3=CCC(C(C)(C)C)CC3)sc2C1. The van der Waals surface area contributed by atoms with E-state index in [0.717, 1.165) is 34.8 Å². The minimum absolute atomic E-state index is 0.0146. The van der Waals surface area contributed by atoms with E-state index in [2.05, 4.69) is 31.6 Å². The molecule has 2 heterocycles. The summed E-state index contributed by atoms with van der Waals surface area (Å²) in [5, 5.41) is 10.1. The summed E-state index contributed by atoms with van der Waals surface area (Å²) in [5.41, 5.74) is 2.57. The summed E-state index contributed by atoms with van der Waals surface area (Å²) < 4.78 is 35.0. The van der Waals surface area contributed by atoms with Crippen molar-refractivity contribution in [3.05, 3.63) is 45.4 Å². The molecule has 1 unspecified atom stereocenters. The van der Waals surface area contributed by atoms with Crippen LogP contribution in [0.25, 0.3) is 5.57 Å². The Labute approximate surface area is 198 Å². The molecule has 0 amide bonds. The molecule has 1 aliphatic heterocycles. The summed E-state index contributed by atoms with van der Waals surface area (Å²) in [6, 6.07) is 4.01. The number of benzene rings is 1. The van der Waals surface area contributed by atoms with Crippen LogP contribution in [0.5, 0.6) is 5.75 Å². The van der Waals surface area contributed by atoms with Crippen molar-refractivity contribution in [3.63, 3.8) is 0 Å². The van der Waals surface area contributed by atoms with Crippen molar-refractivity contribution in [1.29, 1.82) is 0 Å². The zero-order chi connectivity index (χ0) is 24.0. The van der Waals surface area contributed by atoms with Crippen LogP contribution in [0.15, 0.2) is 24.3 Å². The number of rotatable bonds is 6. The third-order valence-electron chi connectivity index (χ3n) is 6.36. The highest BCUT2D eigenvalue weighted by Crippen LogP contribution is 2.42. The number of fused-ring (bicyclic) bond motifs is 1. The first-order chi connectivity index (χ1) is 15.5. The predicted octanol–water partition coefficient (Wildman–Crippen LogP) is 4.75. The van der Waals surface area contributed by atoms with Gasteiger partial charge in [0.1, 0.15) is 10.8 Å². The highest BCUT2D eigenvalue weighted by molar-refractivity contribution is 7.90. The van der Waals surface area contributed by atoms with Gasteiger partial charge in [0.2, 0.25) is 0 Å². The van der Waals surface area contributed by atoms with E-state index in [9.17, 15) is 13.2 Å². The Balaban J connectivity index is 1.46. The van der Waals surface area contributed by atoms with Crippen molar-refractivity contribution in [3.8, 4) is 5.75 Å². The number of hydrogen-bond donors (Lipinski definition) is 2. The lowest BCUT2D eigenvalue weighted by Crippen LogP contribution is -2.31. The number of allylic oxidation sites excluding steroid dienone is 2. The number of anilines is 1. The van der Waals surface area contributed by atoms with Crippen LogP contribution in [0.4, 0.5) is 5.69 Å². The van der Waals surface area contributed by atoms with Gasteiger partial charge in [-0.25, -0.2) is 9.78 Å². The fourth-order valence-corrected chi connectivity index (χ4v) is 6.65. The average Bonchev–Trinajstić information content (AvgIpc) is 3.33. The molecular formula is C23H29N3O5S2. The first-order valence-electron chi connectivity index (χ1n) is 10.8. The van der Waals surface area contributed by atoms with E-state index in [1.165, 1.54) is 35.2 Å². The molecule has 0 saturated carbocycles. The monoisotopic (exact) mass is 491 g/mol. The fourth-order valence-electron chi connectivity index (χ4n) is 4.25. The fraction of sp³-hybridized carbons (Fsp3) is 0.478. The molecule has 0 spiro atoms. The first-order valence-corrected chi connectivity index (χ1v) is 13.1. The van der Waals surface area contributed by atoms with Gasteiger partial charge in [-0.05, 0) is 54.4 Å². The van der Waals surface area contributed by atoms with Gasteiger partial charge < -0.3 is 9.84 Å². The van der Waals surface area contributed by atoms with Crippen LogP contribution < -0.4 is 9.46 Å². The molecule has 2 N–H and O–H groups in total. The average molecular weight is 492 g/mol. The quantitative estimate of drug-likeness (QED) is 0.603. The lowest BCUT2D eigenvalue weighted by Gasteiger charge is -2.33. The van der Waals surface area contributed by atoms with Crippen LogP contribution in [0.1, 0.15) is 66.0 Å². The van der Waals surface area contributed by atoms with Crippen molar-refractivity contribution in [2.45, 2.75) is 53.1 Å². The second kappa shape index (κ2) is 8.73. The summed E-state index contributed by atoms with van der Waals surface area (Å²) in [6.45, 7) is 7.32. The van der Waals surface area contributed by atoms with Gasteiger partial charge in [0.15, 0.2) is 0 Å². The summed E-state index contributed by atoms with van der Waals surface area (Å²) in [4.78, 5) is 16.9. The van der Waals surface area contributed by atoms with Gasteiger partial charge >= 0.3 is 16.2 Å². The third-order valence-corrected chi connectivity index (χ3v) is 8.94. The highest BCUT2D eigenvalue weighted by atomic mass is 32.2. The highest BCUT2D eigenvalue weighted by Gasteiger charge is 2.34. The molecule has 1 aliphatic carbocycles. The van der Waals surface area contributed by atoms with Crippen molar-refractivity contribution in [2.75, 3.05) is 11.8 Å². The minimum atomic E-state index is -3.87. The summed E-state index contributed by atoms with van der Waals surface area (Å²) in [6.07, 6.45) is 5.50. The van der Waals surface area contributed by atoms with Gasteiger partial charge in [0, 0.05) is 4.88 Å². The number of methoxy groups -OCH3 is 1. The first kappa shape index (κ1) is 23.7. The van der Waals surface area contributed by atoms with Gasteiger partial charge in [0.05, 0.1) is 37.1 Å². The van der Waals surface area contributed by atoms with E-state index in [0.29, 0.717) is 11.3 Å². The Morgan fingerprint density at radius 2 is 2.06 bits per heavy atom. The molecule has 1 aromatic carbocycles. The molecule has 178 valence electrons. The molecule has 0 fully saturated rings. The molecular weight excluding hydrogens is 462 g/mol. The Morgan fingerprint density at radius 1 is 1.30 bits per heavy atom. The van der Waals surface area contributed by atoms with Gasteiger partial charge in [-0.1, -0.05) is 26.8 Å². The lowest BCUT2D eigenvalue weighted by molar-refractivity contribution is 0.0696. The maximum absolute atomic E-state index is 13.0. The molecule has 0 radical (unpaired) electrons. The minimum Gasteiger partial charge on any atom is -0.495 e. The van der Waals surface area contributed by atoms with Gasteiger partial charge in [-0.15, -0.1) is 11.3 Å². The van der Waals surface area contributed by atoms with Crippen molar-refractivity contribution >= 4 is 38.8 Å². The molecule has 1 atom stereocenters. The maximum Gasteiger partial charge on any atom is 0.335 e. The normalized spacial score (nSPS) is 19.2. The predicted molar refractivity (Wildman–Crippen MR) is 129 cm³/mol. The van der Waals surface area contributed by atoms with Crippen molar-refractivity contribution in [1.82, 2.24) is 9.29 Å². The Hall–Kier alpha value is -2.43. The van der Waals surface area contributed by atoms with Crippen LogP contribution in [-0.4, -0.2) is 35.9 Å². The number of carboxylic acid groups (broad SMARTS) is 1. The van der Waals surface area contributed by atoms with Crippen LogP contribution in [0, 0.1) is 11.3 Å². The van der Waals surface area contributed by atoms with E-state index in [1.807, 2.05) is 0 Å². The molecule has 8 nitrogen and oxygen atoms in total. The van der Waals surface area contributed by atoms with Crippen LogP contribution in [0.2, 0.25) is 0 Å². The number of ether oxygens (including phenoxy) is 1. The molecule has 0 bridgehead atoms. The molecule has 10 heteroatoms. The largest absolute Gasteiger partial charge is 0.495 e. The molecule has 2 aromatic rings. The van der Waals surface area contributed by atoms with Gasteiger partial charge in [0.25, 0.3) is 0 Å². The van der Waals surface area contributed by atoms with Crippen molar-refractivity contribution < 1.29 is 23.1 Å². The number of thiazole rings is 1. The third kappa shape index (κ3) is 4.92. The van der Waals surface area contributed by atoms with Crippen LogP contribution >= 0.6 is 11.3 Å². The van der Waals surface area contributed by atoms with E-state index >= 15 is 0 Å². The molecule has 4 rings (SSSR count). The lowest BCUT2D eigenvalue weighted by atomic mass is 9.73.